The van der Waals surface area contributed by atoms with Crippen LogP contribution in [-0.4, -0.2) is 53.7 Å². The molecule has 18 heavy (non-hydrogen) atoms. The lowest BCUT2D eigenvalue weighted by Gasteiger charge is -2.38. The number of nitrogens with zero attached hydrogens (tertiary/aromatic N) is 2. The quantitative estimate of drug-likeness (QED) is 0.776. The molecule has 0 spiro atoms. The van der Waals surface area contributed by atoms with Crippen molar-refractivity contribution in [2.45, 2.75) is 38.7 Å². The van der Waals surface area contributed by atoms with E-state index in [1.165, 1.54) is 5.70 Å². The molecular formula is C15H26N2O. The van der Waals surface area contributed by atoms with Gasteiger partial charge in [0.05, 0.1) is 5.60 Å². The van der Waals surface area contributed by atoms with E-state index >= 15 is 0 Å². The van der Waals surface area contributed by atoms with E-state index in [2.05, 4.69) is 35.9 Å². The standard InChI is InChI=1S/C15H26N2O/c1-13(15(18)7-4-8-15)5-6-14(2)17-11-9-16(3)10-12-17/h5-6,18H,4,7-12H2,1-3H3/b13-5+,14-6+. The van der Waals surface area contributed by atoms with E-state index in [0.29, 0.717) is 0 Å². The van der Waals surface area contributed by atoms with Crippen molar-refractivity contribution in [1.82, 2.24) is 9.80 Å². The van der Waals surface area contributed by atoms with Gasteiger partial charge in [-0.25, -0.2) is 0 Å². The van der Waals surface area contributed by atoms with Crippen LogP contribution in [-0.2, 0) is 0 Å². The van der Waals surface area contributed by atoms with Gasteiger partial charge in [-0.05, 0) is 51.8 Å². The van der Waals surface area contributed by atoms with Crippen LogP contribution in [0.2, 0.25) is 0 Å². The molecule has 2 rings (SSSR count). The topological polar surface area (TPSA) is 26.7 Å². The van der Waals surface area contributed by atoms with Crippen molar-refractivity contribution >= 4 is 0 Å². The summed E-state index contributed by atoms with van der Waals surface area (Å²) < 4.78 is 0. The van der Waals surface area contributed by atoms with Crippen LogP contribution in [0.1, 0.15) is 33.1 Å². The first-order chi connectivity index (χ1) is 8.51. The molecule has 3 nitrogen and oxygen atoms in total. The Morgan fingerprint density at radius 3 is 2.17 bits per heavy atom. The summed E-state index contributed by atoms with van der Waals surface area (Å²) in [5.74, 6) is 0. The summed E-state index contributed by atoms with van der Waals surface area (Å²) in [6, 6.07) is 0. The molecule has 0 radical (unpaired) electrons. The van der Waals surface area contributed by atoms with Gasteiger partial charge in [0, 0.05) is 31.9 Å². The Bertz CT molecular complexity index is 348. The largest absolute Gasteiger partial charge is 0.386 e. The van der Waals surface area contributed by atoms with Crippen molar-refractivity contribution in [3.8, 4) is 0 Å². The van der Waals surface area contributed by atoms with Gasteiger partial charge in [0.2, 0.25) is 0 Å². The number of likely N-dealkylation sites (N-methyl/N-ethyl adjacent to an activating group) is 1. The summed E-state index contributed by atoms with van der Waals surface area (Å²) in [5.41, 5.74) is 1.92. The number of rotatable bonds is 3. The van der Waals surface area contributed by atoms with Gasteiger partial charge in [0.15, 0.2) is 0 Å². The number of hydrogen-bond donors (Lipinski definition) is 1. The third-order valence-corrected chi connectivity index (χ3v) is 4.49. The predicted molar refractivity (Wildman–Crippen MR) is 75.4 cm³/mol. The molecule has 1 saturated heterocycles. The van der Waals surface area contributed by atoms with Gasteiger partial charge >= 0.3 is 0 Å². The molecule has 1 saturated carbocycles. The Morgan fingerprint density at radius 2 is 1.67 bits per heavy atom. The molecule has 0 aromatic carbocycles. The molecule has 2 aliphatic rings. The van der Waals surface area contributed by atoms with Crippen LogP contribution in [0.3, 0.4) is 0 Å². The van der Waals surface area contributed by atoms with Crippen LogP contribution >= 0.6 is 0 Å². The molecule has 1 N–H and O–H groups in total. The average Bonchev–Trinajstić information content (AvgIpc) is 2.33. The molecule has 0 bridgehead atoms. The van der Waals surface area contributed by atoms with Crippen LogP contribution in [0.25, 0.3) is 0 Å². The van der Waals surface area contributed by atoms with Crippen LogP contribution in [0, 0.1) is 0 Å². The van der Waals surface area contributed by atoms with Crippen molar-refractivity contribution in [2.24, 2.45) is 0 Å². The van der Waals surface area contributed by atoms with Gasteiger partial charge in [-0.1, -0.05) is 6.08 Å². The molecule has 0 aromatic heterocycles. The number of aliphatic hydroxyl groups is 1. The highest BCUT2D eigenvalue weighted by Gasteiger charge is 2.35. The first-order valence-electron chi connectivity index (χ1n) is 7.03. The van der Waals surface area contributed by atoms with E-state index in [1.54, 1.807) is 0 Å². The highest BCUT2D eigenvalue weighted by molar-refractivity contribution is 5.24. The first-order valence-corrected chi connectivity index (χ1v) is 7.03. The minimum Gasteiger partial charge on any atom is -0.386 e. The Hall–Kier alpha value is -0.800. The molecule has 2 fully saturated rings. The monoisotopic (exact) mass is 250 g/mol. The number of hydrogen-bond acceptors (Lipinski definition) is 3. The van der Waals surface area contributed by atoms with Gasteiger partial charge in [-0.15, -0.1) is 0 Å². The zero-order valence-electron chi connectivity index (χ0n) is 11.9. The summed E-state index contributed by atoms with van der Waals surface area (Å²) in [7, 11) is 2.17. The maximum Gasteiger partial charge on any atom is 0.0857 e. The molecule has 0 atom stereocenters. The fourth-order valence-electron chi connectivity index (χ4n) is 2.57. The average molecular weight is 250 g/mol. The molecular weight excluding hydrogens is 224 g/mol. The zero-order chi connectivity index (χ0) is 13.2. The van der Waals surface area contributed by atoms with E-state index in [0.717, 1.165) is 51.0 Å². The third kappa shape index (κ3) is 2.96. The van der Waals surface area contributed by atoms with Crippen LogP contribution < -0.4 is 0 Å². The van der Waals surface area contributed by atoms with Crippen LogP contribution in [0.5, 0.6) is 0 Å². The molecule has 102 valence electrons. The van der Waals surface area contributed by atoms with Gasteiger partial charge < -0.3 is 14.9 Å². The minimum absolute atomic E-state index is 0.501. The lowest BCUT2D eigenvalue weighted by atomic mass is 9.75. The van der Waals surface area contributed by atoms with E-state index in [1.807, 2.05) is 6.92 Å². The summed E-state index contributed by atoms with van der Waals surface area (Å²) in [5, 5.41) is 10.2. The summed E-state index contributed by atoms with van der Waals surface area (Å²) >= 11 is 0. The molecule has 1 aliphatic carbocycles. The Balaban J connectivity index is 1.94. The number of piperazine rings is 1. The summed E-state index contributed by atoms with van der Waals surface area (Å²) in [4.78, 5) is 4.79. The smallest absolute Gasteiger partial charge is 0.0857 e. The third-order valence-electron chi connectivity index (χ3n) is 4.49. The Morgan fingerprint density at radius 1 is 1.06 bits per heavy atom. The fourth-order valence-corrected chi connectivity index (χ4v) is 2.57. The molecule has 0 aromatic rings. The van der Waals surface area contributed by atoms with E-state index in [-0.39, 0.29) is 0 Å². The molecule has 1 aliphatic heterocycles. The maximum absolute atomic E-state index is 10.2. The molecule has 3 heteroatoms. The predicted octanol–water partition coefficient (Wildman–Crippen LogP) is 2.00. The second-order valence-corrected chi connectivity index (χ2v) is 5.83. The van der Waals surface area contributed by atoms with E-state index in [4.69, 9.17) is 0 Å². The summed E-state index contributed by atoms with van der Waals surface area (Å²) in [6.45, 7) is 8.70. The summed E-state index contributed by atoms with van der Waals surface area (Å²) in [6.07, 6.45) is 7.28. The van der Waals surface area contributed by atoms with Crippen LogP contribution in [0.15, 0.2) is 23.4 Å². The second-order valence-electron chi connectivity index (χ2n) is 5.83. The highest BCUT2D eigenvalue weighted by Crippen LogP contribution is 2.37. The molecule has 1 heterocycles. The van der Waals surface area contributed by atoms with Gasteiger partial charge in [0.1, 0.15) is 0 Å². The lowest BCUT2D eigenvalue weighted by Crippen LogP contribution is -2.43. The van der Waals surface area contributed by atoms with E-state index < -0.39 is 5.60 Å². The van der Waals surface area contributed by atoms with Crippen molar-refractivity contribution in [2.75, 3.05) is 33.2 Å². The van der Waals surface area contributed by atoms with Crippen molar-refractivity contribution in [1.29, 1.82) is 0 Å². The van der Waals surface area contributed by atoms with Crippen molar-refractivity contribution < 1.29 is 5.11 Å². The SMILES string of the molecule is C/C(=C\C=C(/C)C1(O)CCC1)N1CCN(C)CC1. The lowest BCUT2D eigenvalue weighted by molar-refractivity contribution is 0.00272. The van der Waals surface area contributed by atoms with Crippen molar-refractivity contribution in [3.05, 3.63) is 23.4 Å². The van der Waals surface area contributed by atoms with Gasteiger partial charge in [0.25, 0.3) is 0 Å². The Kier molecular flexibility index (Phi) is 4.13. The fraction of sp³-hybridized carbons (Fsp3) is 0.733. The minimum atomic E-state index is -0.501. The Labute approximate surface area is 111 Å². The van der Waals surface area contributed by atoms with Gasteiger partial charge in [-0.2, -0.15) is 0 Å². The highest BCUT2D eigenvalue weighted by atomic mass is 16.3. The van der Waals surface area contributed by atoms with E-state index in [9.17, 15) is 5.11 Å². The molecule has 0 amide bonds. The second kappa shape index (κ2) is 5.45. The molecule has 0 unspecified atom stereocenters. The normalized spacial score (nSPS) is 26.1. The van der Waals surface area contributed by atoms with Crippen LogP contribution in [0.4, 0.5) is 0 Å². The first kappa shape index (κ1) is 13.6. The maximum atomic E-state index is 10.2. The number of allylic oxidation sites excluding steroid dienone is 3. The zero-order valence-corrected chi connectivity index (χ0v) is 11.9. The van der Waals surface area contributed by atoms with Gasteiger partial charge in [-0.3, -0.25) is 0 Å². The van der Waals surface area contributed by atoms with Crippen molar-refractivity contribution in [3.63, 3.8) is 0 Å².